The fourth-order valence-electron chi connectivity index (χ4n) is 5.28. The van der Waals surface area contributed by atoms with Crippen LogP contribution in [0.15, 0.2) is 87.1 Å². The zero-order valence-corrected chi connectivity index (χ0v) is 25.2. The lowest BCUT2D eigenvalue weighted by Crippen LogP contribution is -2.33. The van der Waals surface area contributed by atoms with Gasteiger partial charge in [-0.2, -0.15) is 0 Å². The number of methoxy groups -OCH3 is 1. The van der Waals surface area contributed by atoms with Crippen molar-refractivity contribution in [1.82, 2.24) is 4.57 Å². The molecule has 3 heterocycles. The SMILES string of the molecule is COc1ccc(NC(=O)Cn2c3c(sc2=O)[C@@H](c2cccc(Br)c2)[C@@H]2C(=O)N(c4ccc(C)cc4)C(=O)[C@@H]2S3)cc1. The predicted molar refractivity (Wildman–Crippen MR) is 163 cm³/mol. The molecule has 0 bridgehead atoms. The van der Waals surface area contributed by atoms with Gasteiger partial charge in [0, 0.05) is 21.0 Å². The van der Waals surface area contributed by atoms with Crippen LogP contribution in [0, 0.1) is 12.8 Å². The lowest BCUT2D eigenvalue weighted by Gasteiger charge is -2.30. The molecule has 6 rings (SSSR count). The van der Waals surface area contributed by atoms with Gasteiger partial charge in [0.1, 0.15) is 17.5 Å². The van der Waals surface area contributed by atoms with Gasteiger partial charge in [0.2, 0.25) is 17.7 Å². The summed E-state index contributed by atoms with van der Waals surface area (Å²) in [6.07, 6.45) is 0. The van der Waals surface area contributed by atoms with Crippen LogP contribution in [-0.2, 0) is 20.9 Å². The lowest BCUT2D eigenvalue weighted by molar-refractivity contribution is -0.122. The number of thioether (sulfide) groups is 1. The van der Waals surface area contributed by atoms with E-state index in [0.717, 1.165) is 26.9 Å². The Morgan fingerprint density at radius 3 is 2.41 bits per heavy atom. The molecular weight excluding hydrogens is 626 g/mol. The Balaban J connectivity index is 1.39. The number of amides is 3. The number of aromatic nitrogens is 1. The molecule has 0 spiro atoms. The first kappa shape index (κ1) is 27.5. The van der Waals surface area contributed by atoms with Crippen molar-refractivity contribution in [3.8, 4) is 5.75 Å². The van der Waals surface area contributed by atoms with Gasteiger partial charge in [-0.1, -0.05) is 68.9 Å². The average molecular weight is 651 g/mol. The van der Waals surface area contributed by atoms with E-state index in [2.05, 4.69) is 21.2 Å². The van der Waals surface area contributed by atoms with Crippen LogP contribution in [0.4, 0.5) is 11.4 Å². The summed E-state index contributed by atoms with van der Waals surface area (Å²) < 4.78 is 7.40. The molecular formula is C30H24BrN3O5S2. The molecule has 0 aliphatic carbocycles. The van der Waals surface area contributed by atoms with E-state index in [1.165, 1.54) is 21.2 Å². The first-order valence-corrected chi connectivity index (χ1v) is 15.3. The molecule has 0 unspecified atom stereocenters. The number of nitrogens with one attached hydrogen (secondary N) is 1. The number of hydrogen-bond acceptors (Lipinski definition) is 7. The van der Waals surface area contributed by atoms with Gasteiger partial charge < -0.3 is 10.1 Å². The minimum absolute atomic E-state index is 0.226. The van der Waals surface area contributed by atoms with Gasteiger partial charge in [0.05, 0.1) is 23.7 Å². The van der Waals surface area contributed by atoms with Crippen LogP contribution in [0.25, 0.3) is 0 Å². The van der Waals surface area contributed by atoms with E-state index in [-0.39, 0.29) is 29.1 Å². The van der Waals surface area contributed by atoms with Gasteiger partial charge in [-0.05, 0) is 61.0 Å². The standard InChI is InChI=1S/C30H24BrN3O5S2/c1-16-6-10-20(11-7-16)34-27(36)24-23(17-4-3-5-18(31)14-17)26-29(40-25(24)28(34)37)33(30(38)41-26)15-22(35)32-19-8-12-21(39-2)13-9-19/h3-14,23-25H,15H2,1-2H3,(H,32,35)/t23-,24-,25+/m0/s1. The number of fused-ring (bicyclic) bond motifs is 2. The lowest BCUT2D eigenvalue weighted by atomic mass is 9.83. The molecule has 1 N–H and O–H groups in total. The number of rotatable bonds is 6. The topological polar surface area (TPSA) is 97.7 Å². The van der Waals surface area contributed by atoms with Crippen LogP contribution in [0.5, 0.6) is 5.75 Å². The van der Waals surface area contributed by atoms with Crippen LogP contribution in [0.2, 0.25) is 0 Å². The zero-order chi connectivity index (χ0) is 28.8. The number of imide groups is 1. The van der Waals surface area contributed by atoms with E-state index < -0.39 is 17.1 Å². The molecule has 3 atom stereocenters. The predicted octanol–water partition coefficient (Wildman–Crippen LogP) is 5.42. The van der Waals surface area contributed by atoms with E-state index in [1.807, 2.05) is 43.3 Å². The number of nitrogens with zero attached hydrogens (tertiary/aromatic N) is 2. The fraction of sp³-hybridized carbons (Fsp3) is 0.200. The molecule has 11 heteroatoms. The number of ether oxygens (including phenoxy) is 1. The molecule has 4 aromatic rings. The minimum atomic E-state index is -0.745. The largest absolute Gasteiger partial charge is 0.497 e. The van der Waals surface area contributed by atoms with Crippen LogP contribution in [-0.4, -0.2) is 34.6 Å². The van der Waals surface area contributed by atoms with Crippen molar-refractivity contribution in [1.29, 1.82) is 0 Å². The maximum atomic E-state index is 14.0. The summed E-state index contributed by atoms with van der Waals surface area (Å²) in [5, 5.41) is 2.62. The summed E-state index contributed by atoms with van der Waals surface area (Å²) in [5.41, 5.74) is 2.93. The van der Waals surface area contributed by atoms with Crippen molar-refractivity contribution in [2.75, 3.05) is 17.3 Å². The molecule has 2 aliphatic rings. The van der Waals surface area contributed by atoms with Crippen molar-refractivity contribution in [2.45, 2.75) is 29.7 Å². The Morgan fingerprint density at radius 2 is 1.73 bits per heavy atom. The molecule has 208 valence electrons. The summed E-state index contributed by atoms with van der Waals surface area (Å²) in [6, 6.07) is 21.8. The number of halogens is 1. The molecule has 1 aromatic heterocycles. The Kier molecular flexibility index (Phi) is 7.35. The van der Waals surface area contributed by atoms with Gasteiger partial charge in [-0.25, -0.2) is 4.90 Å². The van der Waals surface area contributed by atoms with Crippen molar-refractivity contribution in [3.63, 3.8) is 0 Å². The molecule has 3 amide bonds. The second-order valence-electron chi connectivity index (χ2n) is 9.84. The number of aryl methyl sites for hydroxylation is 1. The first-order valence-electron chi connectivity index (χ1n) is 12.8. The summed E-state index contributed by atoms with van der Waals surface area (Å²) in [6.45, 7) is 1.72. The number of carbonyl (C=O) groups is 3. The third kappa shape index (κ3) is 5.02. The van der Waals surface area contributed by atoms with Gasteiger partial charge in [-0.15, -0.1) is 0 Å². The van der Waals surface area contributed by atoms with Gasteiger partial charge in [0.25, 0.3) is 0 Å². The zero-order valence-electron chi connectivity index (χ0n) is 22.0. The third-order valence-corrected chi connectivity index (χ3v) is 10.3. The van der Waals surface area contributed by atoms with Crippen molar-refractivity contribution < 1.29 is 19.1 Å². The van der Waals surface area contributed by atoms with E-state index in [4.69, 9.17) is 4.74 Å². The number of hydrogen-bond donors (Lipinski definition) is 1. The highest BCUT2D eigenvalue weighted by Gasteiger charge is 2.56. The Labute approximate surface area is 252 Å². The smallest absolute Gasteiger partial charge is 0.308 e. The first-order chi connectivity index (χ1) is 19.7. The van der Waals surface area contributed by atoms with E-state index in [1.54, 1.807) is 43.5 Å². The van der Waals surface area contributed by atoms with Crippen molar-refractivity contribution in [3.05, 3.63) is 103 Å². The number of benzene rings is 3. The second-order valence-corrected chi connectivity index (χ2v) is 12.9. The summed E-state index contributed by atoms with van der Waals surface area (Å²) in [5.74, 6) is -1.57. The highest BCUT2D eigenvalue weighted by atomic mass is 79.9. The van der Waals surface area contributed by atoms with Gasteiger partial charge in [-0.3, -0.25) is 23.7 Å². The minimum Gasteiger partial charge on any atom is -0.497 e. The average Bonchev–Trinajstić information content (AvgIpc) is 3.40. The van der Waals surface area contributed by atoms with E-state index >= 15 is 0 Å². The molecule has 0 radical (unpaired) electrons. The molecule has 8 nitrogen and oxygen atoms in total. The Hall–Kier alpha value is -3.67. The number of anilines is 2. The maximum Gasteiger partial charge on any atom is 0.308 e. The highest BCUT2D eigenvalue weighted by molar-refractivity contribution is 9.10. The van der Waals surface area contributed by atoms with Crippen LogP contribution < -0.4 is 19.8 Å². The number of thiazole rings is 1. The second kappa shape index (κ2) is 11.0. The van der Waals surface area contributed by atoms with Crippen LogP contribution >= 0.6 is 39.0 Å². The van der Waals surface area contributed by atoms with E-state index in [0.29, 0.717) is 27.0 Å². The summed E-state index contributed by atoms with van der Waals surface area (Å²) in [7, 11) is 1.56. The monoisotopic (exact) mass is 649 g/mol. The highest BCUT2D eigenvalue weighted by Crippen LogP contribution is 2.54. The summed E-state index contributed by atoms with van der Waals surface area (Å²) in [4.78, 5) is 55.8. The summed E-state index contributed by atoms with van der Waals surface area (Å²) >= 11 is 5.74. The Bertz CT molecular complexity index is 1730. The molecule has 1 saturated heterocycles. The third-order valence-electron chi connectivity index (χ3n) is 7.22. The molecule has 3 aromatic carbocycles. The molecule has 1 fully saturated rings. The van der Waals surface area contributed by atoms with E-state index in [9.17, 15) is 19.2 Å². The molecule has 0 saturated carbocycles. The van der Waals surface area contributed by atoms with Crippen molar-refractivity contribution >= 4 is 68.1 Å². The van der Waals surface area contributed by atoms with Gasteiger partial charge in [0.15, 0.2) is 0 Å². The molecule has 2 aliphatic heterocycles. The molecule has 41 heavy (non-hydrogen) atoms. The van der Waals surface area contributed by atoms with Gasteiger partial charge >= 0.3 is 4.87 Å². The Morgan fingerprint density at radius 1 is 1.00 bits per heavy atom. The van der Waals surface area contributed by atoms with Crippen LogP contribution in [0.1, 0.15) is 21.9 Å². The number of carbonyl (C=O) groups excluding carboxylic acids is 3. The quantitative estimate of drug-likeness (QED) is 0.280. The fourth-order valence-corrected chi connectivity index (χ4v) is 8.47. The normalized spacial score (nSPS) is 19.6. The van der Waals surface area contributed by atoms with Crippen molar-refractivity contribution in [2.24, 2.45) is 5.92 Å². The van der Waals surface area contributed by atoms with Crippen LogP contribution in [0.3, 0.4) is 0 Å². The maximum absolute atomic E-state index is 14.0.